The minimum atomic E-state index is -2.19. The molecule has 2 aliphatic heterocycles. The summed E-state index contributed by atoms with van der Waals surface area (Å²) in [4.78, 5) is 66.3. The number of amides is 2. The third-order valence-electron chi connectivity index (χ3n) is 7.04. The summed E-state index contributed by atoms with van der Waals surface area (Å²) in [5, 5.41) is 11.5. The van der Waals surface area contributed by atoms with Gasteiger partial charge in [-0.05, 0) is 29.8 Å². The SMILES string of the molecule is O=C1[C@H]2[C@H](c3ccc(Cl)cc3)OC3(C(=O)c4ccccc4C3=O)[C@H]2C(=O)N1c1ccc([N+](=O)[O-])cc1. The van der Waals surface area contributed by atoms with Crippen LogP contribution in [0.1, 0.15) is 32.4 Å². The molecule has 36 heavy (non-hydrogen) atoms. The Hall–Kier alpha value is -4.21. The van der Waals surface area contributed by atoms with Crippen LogP contribution in [-0.4, -0.2) is 33.9 Å². The van der Waals surface area contributed by atoms with Gasteiger partial charge < -0.3 is 4.74 Å². The average Bonchev–Trinajstić information content (AvgIpc) is 3.44. The predicted molar refractivity (Wildman–Crippen MR) is 126 cm³/mol. The van der Waals surface area contributed by atoms with Crippen LogP contribution in [-0.2, 0) is 14.3 Å². The van der Waals surface area contributed by atoms with Crippen molar-refractivity contribution < 1.29 is 28.8 Å². The van der Waals surface area contributed by atoms with Crippen molar-refractivity contribution in [3.63, 3.8) is 0 Å². The molecular weight excluding hydrogens is 488 g/mol. The number of imide groups is 1. The van der Waals surface area contributed by atoms with Gasteiger partial charge in [0.15, 0.2) is 0 Å². The standard InChI is InChI=1S/C26H15ClN2O7/c27-14-7-5-13(6-8-14)21-19-20(26(36-21)22(30)17-3-1-2-4-18(17)23(26)31)25(33)28(24(19)32)15-9-11-16(12-10-15)29(34)35/h1-12,19-21H/t19-,20-,21+/m1/s1. The number of fused-ring (bicyclic) bond motifs is 3. The van der Waals surface area contributed by atoms with Crippen LogP contribution in [0.5, 0.6) is 0 Å². The first-order valence-electron chi connectivity index (χ1n) is 11.0. The predicted octanol–water partition coefficient (Wildman–Crippen LogP) is 3.94. The molecule has 3 aromatic carbocycles. The number of nitrogens with zero attached hydrogens (tertiary/aromatic N) is 2. The van der Waals surface area contributed by atoms with Gasteiger partial charge in [-0.1, -0.05) is 48.0 Å². The van der Waals surface area contributed by atoms with Gasteiger partial charge in [0.05, 0.1) is 28.6 Å². The molecule has 0 aromatic heterocycles. The lowest BCUT2D eigenvalue weighted by Crippen LogP contribution is -2.51. The maximum absolute atomic E-state index is 13.8. The number of rotatable bonds is 3. The maximum atomic E-state index is 13.8. The number of hydrogen-bond acceptors (Lipinski definition) is 7. The van der Waals surface area contributed by atoms with Crippen LogP contribution in [0.3, 0.4) is 0 Å². The topological polar surface area (TPSA) is 124 Å². The number of carbonyl (C=O) groups excluding carboxylic acids is 4. The van der Waals surface area contributed by atoms with Crippen molar-refractivity contribution in [3.05, 3.63) is 105 Å². The second-order valence-electron chi connectivity index (χ2n) is 8.82. The molecular formula is C26H15ClN2O7. The highest BCUT2D eigenvalue weighted by atomic mass is 35.5. The number of ether oxygens (including phenoxy) is 1. The van der Waals surface area contributed by atoms with E-state index in [9.17, 15) is 29.3 Å². The molecule has 2 fully saturated rings. The highest BCUT2D eigenvalue weighted by Gasteiger charge is 2.74. The van der Waals surface area contributed by atoms with Crippen LogP contribution >= 0.6 is 11.6 Å². The van der Waals surface area contributed by atoms with Gasteiger partial charge in [-0.2, -0.15) is 0 Å². The number of nitro groups is 1. The van der Waals surface area contributed by atoms with E-state index < -0.39 is 51.8 Å². The molecule has 0 bridgehead atoms. The van der Waals surface area contributed by atoms with E-state index in [1.54, 1.807) is 36.4 Å². The van der Waals surface area contributed by atoms with Gasteiger partial charge in [0.2, 0.25) is 29.0 Å². The number of ketones is 2. The molecule has 2 amide bonds. The molecule has 2 saturated heterocycles. The van der Waals surface area contributed by atoms with E-state index in [1.807, 2.05) is 0 Å². The van der Waals surface area contributed by atoms with E-state index in [0.29, 0.717) is 10.6 Å². The lowest BCUT2D eigenvalue weighted by molar-refractivity contribution is -0.384. The number of benzene rings is 3. The number of carbonyl (C=O) groups is 4. The minimum absolute atomic E-state index is 0.102. The van der Waals surface area contributed by atoms with Crippen LogP contribution in [0.15, 0.2) is 72.8 Å². The first-order valence-corrected chi connectivity index (χ1v) is 11.4. The Balaban J connectivity index is 1.51. The second kappa shape index (κ2) is 7.64. The van der Waals surface area contributed by atoms with E-state index >= 15 is 0 Å². The van der Waals surface area contributed by atoms with Crippen molar-refractivity contribution in [3.8, 4) is 0 Å². The lowest BCUT2D eigenvalue weighted by atomic mass is 9.77. The Labute approximate surface area is 208 Å². The molecule has 3 atom stereocenters. The maximum Gasteiger partial charge on any atom is 0.269 e. The number of nitro benzene ring substituents is 1. The Bertz CT molecular complexity index is 1460. The van der Waals surface area contributed by atoms with Crippen LogP contribution in [0.25, 0.3) is 0 Å². The van der Waals surface area contributed by atoms with Gasteiger partial charge >= 0.3 is 0 Å². The molecule has 0 saturated carbocycles. The quantitative estimate of drug-likeness (QED) is 0.230. The largest absolute Gasteiger partial charge is 0.349 e. The summed E-state index contributed by atoms with van der Waals surface area (Å²) in [5.41, 5.74) is -1.56. The Morgan fingerprint density at radius 2 is 1.42 bits per heavy atom. The van der Waals surface area contributed by atoms with Crippen LogP contribution in [0, 0.1) is 22.0 Å². The zero-order chi connectivity index (χ0) is 25.4. The Morgan fingerprint density at radius 3 is 1.97 bits per heavy atom. The zero-order valence-electron chi connectivity index (χ0n) is 18.3. The summed E-state index contributed by atoms with van der Waals surface area (Å²) in [6.45, 7) is 0. The van der Waals surface area contributed by atoms with E-state index in [2.05, 4.69) is 0 Å². The molecule has 10 heteroatoms. The van der Waals surface area contributed by atoms with Crippen molar-refractivity contribution in [2.75, 3.05) is 4.90 Å². The summed E-state index contributed by atoms with van der Waals surface area (Å²) >= 11 is 6.02. The summed E-state index contributed by atoms with van der Waals surface area (Å²) in [7, 11) is 0. The van der Waals surface area contributed by atoms with Crippen LogP contribution < -0.4 is 4.90 Å². The summed E-state index contributed by atoms with van der Waals surface area (Å²) in [6.07, 6.45) is -1.08. The summed E-state index contributed by atoms with van der Waals surface area (Å²) in [5.74, 6) is -5.34. The molecule has 1 aliphatic carbocycles. The third kappa shape index (κ3) is 2.81. The van der Waals surface area contributed by atoms with Gasteiger partial charge in [-0.15, -0.1) is 0 Å². The molecule has 178 valence electrons. The Kier molecular flexibility index (Phi) is 4.73. The van der Waals surface area contributed by atoms with Gasteiger partial charge in [-0.25, -0.2) is 4.90 Å². The number of halogens is 1. The number of hydrogen-bond donors (Lipinski definition) is 0. The van der Waals surface area contributed by atoms with Crippen molar-refractivity contribution in [2.45, 2.75) is 11.7 Å². The second-order valence-corrected chi connectivity index (χ2v) is 9.25. The fourth-order valence-corrected chi connectivity index (χ4v) is 5.57. The first-order chi connectivity index (χ1) is 17.3. The number of non-ortho nitro benzene ring substituents is 1. The van der Waals surface area contributed by atoms with Gasteiger partial charge in [0.25, 0.3) is 5.69 Å². The summed E-state index contributed by atoms with van der Waals surface area (Å²) < 4.78 is 6.19. The van der Waals surface area contributed by atoms with Crippen molar-refractivity contribution in [1.82, 2.24) is 0 Å². The fraction of sp³-hybridized carbons (Fsp3) is 0.154. The van der Waals surface area contributed by atoms with Crippen LogP contribution in [0.4, 0.5) is 11.4 Å². The Morgan fingerprint density at radius 1 is 0.833 bits per heavy atom. The smallest absolute Gasteiger partial charge is 0.269 e. The van der Waals surface area contributed by atoms with E-state index in [4.69, 9.17) is 16.3 Å². The summed E-state index contributed by atoms with van der Waals surface area (Å²) in [6, 6.07) is 17.5. The van der Waals surface area contributed by atoms with E-state index in [0.717, 1.165) is 4.90 Å². The molecule has 3 aromatic rings. The normalized spacial score (nSPS) is 23.9. The van der Waals surface area contributed by atoms with Gasteiger partial charge in [0.1, 0.15) is 0 Å². The zero-order valence-corrected chi connectivity index (χ0v) is 19.0. The van der Waals surface area contributed by atoms with E-state index in [-0.39, 0.29) is 22.5 Å². The van der Waals surface area contributed by atoms with Crippen molar-refractivity contribution in [2.24, 2.45) is 11.8 Å². The van der Waals surface area contributed by atoms with E-state index in [1.165, 1.54) is 36.4 Å². The molecule has 1 spiro atoms. The molecule has 3 aliphatic rings. The van der Waals surface area contributed by atoms with Crippen LogP contribution in [0.2, 0.25) is 5.02 Å². The van der Waals surface area contributed by atoms with Crippen molar-refractivity contribution >= 4 is 46.4 Å². The molecule has 9 nitrogen and oxygen atoms in total. The minimum Gasteiger partial charge on any atom is -0.349 e. The molecule has 2 heterocycles. The monoisotopic (exact) mass is 502 g/mol. The lowest BCUT2D eigenvalue weighted by Gasteiger charge is -2.27. The molecule has 0 unspecified atom stereocenters. The van der Waals surface area contributed by atoms with Gasteiger partial charge in [-0.3, -0.25) is 29.3 Å². The van der Waals surface area contributed by atoms with Crippen molar-refractivity contribution in [1.29, 1.82) is 0 Å². The fourth-order valence-electron chi connectivity index (χ4n) is 5.45. The molecule has 0 radical (unpaired) electrons. The highest BCUT2D eigenvalue weighted by molar-refractivity contribution is 6.37. The number of Topliss-reactive ketones (excluding diaryl/α,β-unsaturated/α-hetero) is 2. The first kappa shape index (κ1) is 22.3. The highest BCUT2D eigenvalue weighted by Crippen LogP contribution is 2.57. The third-order valence-corrected chi connectivity index (χ3v) is 7.29. The van der Waals surface area contributed by atoms with Gasteiger partial charge in [0, 0.05) is 28.3 Å². The number of anilines is 1. The molecule has 0 N–H and O–H groups in total. The average molecular weight is 503 g/mol. The molecule has 6 rings (SSSR count).